The van der Waals surface area contributed by atoms with Gasteiger partial charge in [-0.1, -0.05) is 18.2 Å². The van der Waals surface area contributed by atoms with Gasteiger partial charge in [0.1, 0.15) is 0 Å². The van der Waals surface area contributed by atoms with Gasteiger partial charge in [0.2, 0.25) is 6.79 Å². The first-order valence-corrected chi connectivity index (χ1v) is 11.6. The van der Waals surface area contributed by atoms with Gasteiger partial charge >= 0.3 is 0 Å². The van der Waals surface area contributed by atoms with E-state index >= 15 is 0 Å². The van der Waals surface area contributed by atoms with Crippen molar-refractivity contribution in [2.24, 2.45) is 5.92 Å². The highest BCUT2D eigenvalue weighted by atomic mass is 16.7. The minimum Gasteiger partial charge on any atom is -0.454 e. The largest absolute Gasteiger partial charge is 0.454 e. The van der Waals surface area contributed by atoms with Crippen molar-refractivity contribution < 1.29 is 9.47 Å². The molecule has 1 N–H and O–H groups in total. The average Bonchev–Trinajstić information content (AvgIpc) is 3.35. The zero-order valence-electron chi connectivity index (χ0n) is 17.8. The van der Waals surface area contributed by atoms with Crippen LogP contribution in [0.25, 0.3) is 11.1 Å². The summed E-state index contributed by atoms with van der Waals surface area (Å²) in [6.07, 6.45) is 11.7. The molecule has 1 aromatic heterocycles. The molecule has 0 spiro atoms. The molecule has 5 nitrogen and oxygen atoms in total. The van der Waals surface area contributed by atoms with Gasteiger partial charge in [0, 0.05) is 24.0 Å². The van der Waals surface area contributed by atoms with E-state index < -0.39 is 0 Å². The molecule has 2 aromatic carbocycles. The first-order valence-electron chi connectivity index (χ1n) is 11.6. The number of ether oxygens (including phenoxy) is 2. The van der Waals surface area contributed by atoms with Crippen molar-refractivity contribution in [1.29, 1.82) is 0 Å². The van der Waals surface area contributed by atoms with Crippen LogP contribution < -0.4 is 14.8 Å². The Morgan fingerprint density at radius 2 is 1.77 bits per heavy atom. The Labute approximate surface area is 183 Å². The van der Waals surface area contributed by atoms with Crippen molar-refractivity contribution in [1.82, 2.24) is 9.78 Å². The maximum Gasteiger partial charge on any atom is 0.231 e. The van der Waals surface area contributed by atoms with Gasteiger partial charge in [0.05, 0.1) is 12.2 Å². The lowest BCUT2D eigenvalue weighted by Crippen LogP contribution is -2.20. The van der Waals surface area contributed by atoms with Gasteiger partial charge in [-0.05, 0) is 85.8 Å². The molecular formula is C26H29N3O2. The van der Waals surface area contributed by atoms with Crippen LogP contribution in [0.4, 0.5) is 5.69 Å². The molecule has 2 heterocycles. The van der Waals surface area contributed by atoms with Crippen LogP contribution in [0.5, 0.6) is 11.5 Å². The highest BCUT2D eigenvalue weighted by molar-refractivity contribution is 5.67. The normalized spacial score (nSPS) is 22.5. The molecule has 2 aliphatic carbocycles. The minimum atomic E-state index is 0.348. The second-order valence-electron chi connectivity index (χ2n) is 9.23. The van der Waals surface area contributed by atoms with Crippen LogP contribution in [0, 0.1) is 5.92 Å². The van der Waals surface area contributed by atoms with Crippen molar-refractivity contribution in [3.05, 3.63) is 60.4 Å². The van der Waals surface area contributed by atoms with Crippen LogP contribution in [0.3, 0.4) is 0 Å². The zero-order chi connectivity index (χ0) is 20.6. The Morgan fingerprint density at radius 3 is 2.65 bits per heavy atom. The number of benzene rings is 2. The molecular weight excluding hydrogens is 386 g/mol. The van der Waals surface area contributed by atoms with Crippen LogP contribution in [0.2, 0.25) is 0 Å². The number of hydrogen-bond donors (Lipinski definition) is 1. The van der Waals surface area contributed by atoms with E-state index in [4.69, 9.17) is 9.47 Å². The number of nitrogens with one attached hydrogen (secondary N) is 1. The number of hydrogen-bond acceptors (Lipinski definition) is 4. The van der Waals surface area contributed by atoms with Crippen molar-refractivity contribution in [2.45, 2.75) is 50.5 Å². The second-order valence-corrected chi connectivity index (χ2v) is 9.23. The lowest BCUT2D eigenvalue weighted by Gasteiger charge is -2.29. The van der Waals surface area contributed by atoms with Crippen molar-refractivity contribution in [2.75, 3.05) is 18.7 Å². The first-order chi connectivity index (χ1) is 15.3. The monoisotopic (exact) mass is 415 g/mol. The summed E-state index contributed by atoms with van der Waals surface area (Å²) in [5.74, 6) is 3.15. The molecule has 0 atom stereocenters. The molecule has 0 amide bonds. The second kappa shape index (κ2) is 7.95. The summed E-state index contributed by atoms with van der Waals surface area (Å²) in [6, 6.07) is 15.8. The molecule has 2 saturated carbocycles. The van der Waals surface area contributed by atoms with Crippen LogP contribution in [-0.2, 0) is 0 Å². The molecule has 160 valence electrons. The summed E-state index contributed by atoms with van der Waals surface area (Å²) in [6.45, 7) is 1.39. The van der Waals surface area contributed by atoms with Gasteiger partial charge in [0.25, 0.3) is 0 Å². The van der Waals surface area contributed by atoms with Gasteiger partial charge in [-0.25, -0.2) is 0 Å². The van der Waals surface area contributed by atoms with E-state index in [1.807, 2.05) is 6.20 Å². The number of anilines is 1. The number of nitrogens with zero attached hydrogens (tertiary/aromatic N) is 2. The molecule has 1 aliphatic heterocycles. The fraction of sp³-hybridized carbons (Fsp3) is 0.423. The van der Waals surface area contributed by atoms with Crippen molar-refractivity contribution in [3.8, 4) is 22.6 Å². The average molecular weight is 416 g/mol. The lowest BCUT2D eigenvalue weighted by molar-refractivity contribution is 0.174. The smallest absolute Gasteiger partial charge is 0.231 e. The summed E-state index contributed by atoms with van der Waals surface area (Å²) in [5, 5.41) is 8.23. The topological polar surface area (TPSA) is 48.3 Å². The van der Waals surface area contributed by atoms with Crippen LogP contribution in [0.15, 0.2) is 54.9 Å². The molecule has 3 aliphatic rings. The third-order valence-corrected chi connectivity index (χ3v) is 7.03. The molecule has 31 heavy (non-hydrogen) atoms. The maximum absolute atomic E-state index is 5.56. The molecule has 0 unspecified atom stereocenters. The summed E-state index contributed by atoms with van der Waals surface area (Å²) in [7, 11) is 0. The third kappa shape index (κ3) is 4.01. The SMILES string of the molecule is c1cc(NCC2CCC(c3ccc4c(c3)OCO4)CC2)cc(-c2cnn(C3CC3)c2)c1. The van der Waals surface area contributed by atoms with Gasteiger partial charge in [0.15, 0.2) is 11.5 Å². The number of aromatic nitrogens is 2. The highest BCUT2D eigenvalue weighted by Gasteiger charge is 2.25. The van der Waals surface area contributed by atoms with Crippen LogP contribution >= 0.6 is 0 Å². The van der Waals surface area contributed by atoms with E-state index in [-0.39, 0.29) is 0 Å². The predicted molar refractivity (Wildman–Crippen MR) is 122 cm³/mol. The fourth-order valence-electron chi connectivity index (χ4n) is 4.96. The van der Waals surface area contributed by atoms with Crippen LogP contribution in [-0.4, -0.2) is 23.1 Å². The van der Waals surface area contributed by atoms with Gasteiger partial charge in [-0.3, -0.25) is 4.68 Å². The molecule has 0 saturated heterocycles. The van der Waals surface area contributed by atoms with Gasteiger partial charge in [-0.15, -0.1) is 0 Å². The Morgan fingerprint density at radius 1 is 0.903 bits per heavy atom. The fourth-order valence-corrected chi connectivity index (χ4v) is 4.96. The summed E-state index contributed by atoms with van der Waals surface area (Å²) in [5.41, 5.74) is 5.05. The molecule has 2 fully saturated rings. The molecule has 3 aromatic rings. The summed E-state index contributed by atoms with van der Waals surface area (Å²) >= 11 is 0. The Hall–Kier alpha value is -2.95. The van der Waals surface area contributed by atoms with E-state index in [2.05, 4.69) is 63.8 Å². The van der Waals surface area contributed by atoms with E-state index in [0.717, 1.165) is 24.0 Å². The van der Waals surface area contributed by atoms with E-state index in [0.29, 0.717) is 18.8 Å². The summed E-state index contributed by atoms with van der Waals surface area (Å²) < 4.78 is 13.1. The standard InChI is InChI=1S/C26H29N3O2/c1-2-20(22-15-28-29(16-22)24-9-10-24)12-23(3-1)27-14-18-4-6-19(7-5-18)21-8-11-25-26(13-21)31-17-30-25/h1-3,8,11-13,15-16,18-19,24,27H,4-7,9-10,14,17H2. The van der Waals surface area contributed by atoms with Crippen LogP contribution in [0.1, 0.15) is 56.0 Å². The highest BCUT2D eigenvalue weighted by Crippen LogP contribution is 2.40. The molecule has 0 radical (unpaired) electrons. The molecule has 0 bridgehead atoms. The quantitative estimate of drug-likeness (QED) is 0.536. The zero-order valence-corrected chi connectivity index (χ0v) is 17.8. The van der Waals surface area contributed by atoms with E-state index in [1.54, 1.807) is 0 Å². The maximum atomic E-state index is 5.56. The van der Waals surface area contributed by atoms with E-state index in [9.17, 15) is 0 Å². The minimum absolute atomic E-state index is 0.348. The third-order valence-electron chi connectivity index (χ3n) is 7.03. The number of rotatable bonds is 6. The van der Waals surface area contributed by atoms with Gasteiger partial charge < -0.3 is 14.8 Å². The number of fused-ring (bicyclic) bond motifs is 1. The Balaban J connectivity index is 1.04. The molecule has 6 rings (SSSR count). The van der Waals surface area contributed by atoms with E-state index in [1.165, 1.54) is 60.9 Å². The predicted octanol–water partition coefficient (Wildman–Crippen LogP) is 6.00. The molecule has 5 heteroatoms. The lowest BCUT2D eigenvalue weighted by atomic mass is 9.78. The first kappa shape index (κ1) is 18.8. The Bertz CT molecular complexity index is 1060. The van der Waals surface area contributed by atoms with Crippen molar-refractivity contribution in [3.63, 3.8) is 0 Å². The summed E-state index contributed by atoms with van der Waals surface area (Å²) in [4.78, 5) is 0. The Kier molecular flexibility index (Phi) is 4.82. The van der Waals surface area contributed by atoms with Crippen molar-refractivity contribution >= 4 is 5.69 Å². The van der Waals surface area contributed by atoms with Gasteiger partial charge in [-0.2, -0.15) is 5.10 Å².